The maximum absolute atomic E-state index is 13.6. The summed E-state index contributed by atoms with van der Waals surface area (Å²) in [5.41, 5.74) is 2.72. The summed E-state index contributed by atoms with van der Waals surface area (Å²) >= 11 is 1.24. The fourth-order valence-corrected chi connectivity index (χ4v) is 6.26. The third kappa shape index (κ3) is 4.59. The average Bonchev–Trinajstić information content (AvgIpc) is 3.64. The second-order valence-electron chi connectivity index (χ2n) is 9.80. The summed E-state index contributed by atoms with van der Waals surface area (Å²) in [6.07, 6.45) is 0.669. The largest absolute Gasteiger partial charge is 0.507 e. The molecule has 0 unspecified atom stereocenters. The van der Waals surface area contributed by atoms with Crippen molar-refractivity contribution >= 4 is 50.1 Å². The van der Waals surface area contributed by atoms with Crippen LogP contribution in [0.4, 0.5) is 5.13 Å². The zero-order valence-corrected chi connectivity index (χ0v) is 23.4. The van der Waals surface area contributed by atoms with Crippen LogP contribution in [0.2, 0.25) is 0 Å². The number of esters is 1. The van der Waals surface area contributed by atoms with Gasteiger partial charge in [0.15, 0.2) is 5.13 Å². The summed E-state index contributed by atoms with van der Waals surface area (Å²) in [4.78, 5) is 45.2. The van der Waals surface area contributed by atoms with E-state index in [4.69, 9.17) is 14.2 Å². The number of carbonyl (C=O) groups is 3. The number of anilines is 1. The van der Waals surface area contributed by atoms with Gasteiger partial charge in [-0.1, -0.05) is 23.5 Å². The van der Waals surface area contributed by atoms with Gasteiger partial charge in [0.1, 0.15) is 23.4 Å². The van der Waals surface area contributed by atoms with E-state index in [0.717, 1.165) is 16.0 Å². The Kier molecular flexibility index (Phi) is 6.70. The number of benzene rings is 3. The number of thiazole rings is 1. The molecule has 1 saturated heterocycles. The molecule has 4 aromatic rings. The van der Waals surface area contributed by atoms with Crippen molar-refractivity contribution in [3.63, 3.8) is 0 Å². The minimum absolute atomic E-state index is 0.00331. The van der Waals surface area contributed by atoms with Gasteiger partial charge in [-0.3, -0.25) is 14.5 Å². The van der Waals surface area contributed by atoms with Gasteiger partial charge in [0, 0.05) is 12.0 Å². The molecule has 1 amide bonds. The van der Waals surface area contributed by atoms with E-state index in [9.17, 15) is 19.5 Å². The zero-order valence-electron chi connectivity index (χ0n) is 22.5. The van der Waals surface area contributed by atoms with Gasteiger partial charge in [0.2, 0.25) is 0 Å². The molecular formula is C31H26N2O7S. The number of nitrogens with zero attached hydrogens (tertiary/aromatic N) is 2. The highest BCUT2D eigenvalue weighted by Crippen LogP contribution is 2.45. The second kappa shape index (κ2) is 10.4. The van der Waals surface area contributed by atoms with Gasteiger partial charge in [-0.25, -0.2) is 9.78 Å². The minimum Gasteiger partial charge on any atom is -0.507 e. The van der Waals surface area contributed by atoms with Gasteiger partial charge in [-0.15, -0.1) is 0 Å². The van der Waals surface area contributed by atoms with E-state index in [2.05, 4.69) is 4.98 Å². The van der Waals surface area contributed by atoms with Gasteiger partial charge in [-0.2, -0.15) is 0 Å². The molecule has 2 aliphatic rings. The van der Waals surface area contributed by atoms with Crippen molar-refractivity contribution in [1.29, 1.82) is 0 Å². The number of carbonyl (C=O) groups excluding carboxylic acids is 3. The topological polar surface area (TPSA) is 115 Å². The van der Waals surface area contributed by atoms with Crippen LogP contribution in [0.15, 0.2) is 66.2 Å². The fraction of sp³-hybridized carbons (Fsp3) is 0.226. The predicted octanol–water partition coefficient (Wildman–Crippen LogP) is 5.43. The lowest BCUT2D eigenvalue weighted by atomic mass is 9.94. The number of fused-ring (bicyclic) bond motifs is 2. The first-order valence-corrected chi connectivity index (χ1v) is 13.9. The number of amides is 1. The number of Topliss-reactive ketones (excluding diaryl/α,β-unsaturated/α-hetero) is 1. The van der Waals surface area contributed by atoms with Crippen LogP contribution in [0.3, 0.4) is 0 Å². The third-order valence-corrected chi connectivity index (χ3v) is 8.14. The Morgan fingerprint density at radius 1 is 1.10 bits per heavy atom. The Labute approximate surface area is 239 Å². The Hall–Kier alpha value is -4.70. The molecule has 0 saturated carbocycles. The van der Waals surface area contributed by atoms with Crippen molar-refractivity contribution in [2.45, 2.75) is 32.4 Å². The van der Waals surface area contributed by atoms with E-state index >= 15 is 0 Å². The molecule has 1 fully saturated rings. The number of rotatable bonds is 6. The van der Waals surface area contributed by atoms with Crippen LogP contribution in [0, 0.1) is 0 Å². The number of ketones is 1. The van der Waals surface area contributed by atoms with Crippen LogP contribution in [-0.2, 0) is 20.7 Å². The first-order chi connectivity index (χ1) is 19.8. The standard InChI is InChI=1S/C31H26N2O7S/c1-4-39-21-10-11-22-24(15-21)41-31(32-22)33-26(17-5-7-18(8-6-17)30(37)38-3)25(28(35)29(33)36)27(34)19-9-12-23-20(14-19)13-16(2)40-23/h5-12,14-16,26,34H,4,13H2,1-3H3/t16-,26-/m0/s1. The summed E-state index contributed by atoms with van der Waals surface area (Å²) in [5, 5.41) is 11.8. The molecule has 208 valence electrons. The lowest BCUT2D eigenvalue weighted by Crippen LogP contribution is -2.29. The molecule has 3 aromatic carbocycles. The molecule has 0 spiro atoms. The van der Waals surface area contributed by atoms with E-state index in [0.29, 0.717) is 46.1 Å². The van der Waals surface area contributed by atoms with E-state index < -0.39 is 23.7 Å². The summed E-state index contributed by atoms with van der Waals surface area (Å²) < 4.78 is 17.0. The smallest absolute Gasteiger partial charge is 0.337 e. The van der Waals surface area contributed by atoms with Crippen LogP contribution in [-0.4, -0.2) is 47.6 Å². The number of ether oxygens (including phenoxy) is 3. The van der Waals surface area contributed by atoms with Gasteiger partial charge in [0.05, 0.1) is 41.1 Å². The quantitative estimate of drug-likeness (QED) is 0.141. The fourth-order valence-electron chi connectivity index (χ4n) is 5.24. The Bertz CT molecular complexity index is 1740. The molecule has 10 heteroatoms. The molecule has 41 heavy (non-hydrogen) atoms. The van der Waals surface area contributed by atoms with E-state index in [1.807, 2.05) is 19.9 Å². The number of aromatic nitrogens is 1. The molecule has 1 aromatic heterocycles. The second-order valence-corrected chi connectivity index (χ2v) is 10.8. The first-order valence-electron chi connectivity index (χ1n) is 13.1. The lowest BCUT2D eigenvalue weighted by molar-refractivity contribution is -0.132. The van der Waals surface area contributed by atoms with Gasteiger partial charge in [-0.05, 0) is 73.5 Å². The predicted molar refractivity (Wildman–Crippen MR) is 154 cm³/mol. The van der Waals surface area contributed by atoms with Crippen LogP contribution in [0.25, 0.3) is 16.0 Å². The summed E-state index contributed by atoms with van der Waals surface area (Å²) in [6, 6.07) is 16.1. The van der Waals surface area contributed by atoms with E-state index in [1.165, 1.54) is 23.3 Å². The van der Waals surface area contributed by atoms with Crippen LogP contribution in [0.5, 0.6) is 11.5 Å². The average molecular weight is 571 g/mol. The molecule has 2 aliphatic heterocycles. The highest BCUT2D eigenvalue weighted by molar-refractivity contribution is 7.22. The monoisotopic (exact) mass is 570 g/mol. The SMILES string of the molecule is CCOc1ccc2nc(N3C(=O)C(=O)C(=C(O)c4ccc5c(c4)C[C@H](C)O5)[C@@H]3c3ccc(C(=O)OC)cc3)sc2c1. The van der Waals surface area contributed by atoms with Crippen molar-refractivity contribution < 1.29 is 33.7 Å². The van der Waals surface area contributed by atoms with Gasteiger partial charge < -0.3 is 19.3 Å². The normalized spacial score (nSPS) is 19.3. The summed E-state index contributed by atoms with van der Waals surface area (Å²) in [7, 11) is 1.29. The first kappa shape index (κ1) is 26.5. The van der Waals surface area contributed by atoms with Crippen molar-refractivity contribution in [1.82, 2.24) is 4.98 Å². The lowest BCUT2D eigenvalue weighted by Gasteiger charge is -2.23. The van der Waals surface area contributed by atoms with Crippen LogP contribution < -0.4 is 14.4 Å². The Balaban J connectivity index is 1.50. The molecule has 3 heterocycles. The van der Waals surface area contributed by atoms with Crippen molar-refractivity contribution in [2.24, 2.45) is 0 Å². The third-order valence-electron chi connectivity index (χ3n) is 7.13. The van der Waals surface area contributed by atoms with Crippen molar-refractivity contribution in [3.8, 4) is 11.5 Å². The molecule has 0 bridgehead atoms. The van der Waals surface area contributed by atoms with Crippen LogP contribution in [0.1, 0.15) is 46.9 Å². The van der Waals surface area contributed by atoms with Gasteiger partial charge in [0.25, 0.3) is 5.78 Å². The molecule has 2 atom stereocenters. The molecule has 9 nitrogen and oxygen atoms in total. The minimum atomic E-state index is -0.989. The summed E-state index contributed by atoms with van der Waals surface area (Å²) in [6.45, 7) is 4.35. The molecule has 0 radical (unpaired) electrons. The number of methoxy groups -OCH3 is 1. The highest BCUT2D eigenvalue weighted by Gasteiger charge is 2.48. The highest BCUT2D eigenvalue weighted by atomic mass is 32.1. The molecule has 0 aliphatic carbocycles. The number of aliphatic hydroxyl groups excluding tert-OH is 1. The number of hydrogen-bond donors (Lipinski definition) is 1. The maximum Gasteiger partial charge on any atom is 0.337 e. The Morgan fingerprint density at radius 3 is 2.59 bits per heavy atom. The van der Waals surface area contributed by atoms with Gasteiger partial charge >= 0.3 is 11.9 Å². The Morgan fingerprint density at radius 2 is 1.85 bits per heavy atom. The maximum atomic E-state index is 13.6. The zero-order chi connectivity index (χ0) is 28.8. The van der Waals surface area contributed by atoms with E-state index in [1.54, 1.807) is 54.6 Å². The van der Waals surface area contributed by atoms with Crippen LogP contribution >= 0.6 is 11.3 Å². The molecular weight excluding hydrogens is 544 g/mol. The molecule has 1 N–H and O–H groups in total. The van der Waals surface area contributed by atoms with Crippen molar-refractivity contribution in [3.05, 3.63) is 88.5 Å². The van der Waals surface area contributed by atoms with Crippen molar-refractivity contribution in [2.75, 3.05) is 18.6 Å². The summed E-state index contributed by atoms with van der Waals surface area (Å²) in [5.74, 6) is -1.06. The number of hydrogen-bond acceptors (Lipinski definition) is 9. The van der Waals surface area contributed by atoms with E-state index in [-0.39, 0.29) is 17.4 Å². The molecule has 6 rings (SSSR count). The number of aliphatic hydroxyl groups is 1.